The van der Waals surface area contributed by atoms with Crippen molar-refractivity contribution in [1.29, 1.82) is 0 Å². The first-order valence-corrected chi connectivity index (χ1v) is 9.51. The first kappa shape index (κ1) is 19.9. The molecule has 1 amide bonds. The van der Waals surface area contributed by atoms with Gasteiger partial charge in [-0.2, -0.15) is 0 Å². The fourth-order valence-electron chi connectivity index (χ4n) is 3.04. The Hall–Kier alpha value is -2.83. The molecule has 0 spiro atoms. The Bertz CT molecular complexity index is 844. The van der Waals surface area contributed by atoms with Crippen LogP contribution in [-0.4, -0.2) is 47.2 Å². The number of carbonyl (C=O) groups is 1. The third kappa shape index (κ3) is 5.58. The molecule has 1 saturated heterocycles. The molecule has 1 aliphatic heterocycles. The molecule has 0 unspecified atom stereocenters. The third-order valence-corrected chi connectivity index (χ3v) is 4.78. The molecular formula is C21H23ClN4O2. The largest absolute Gasteiger partial charge is 0.368 e. The second-order valence-electron chi connectivity index (χ2n) is 6.41. The van der Waals surface area contributed by atoms with Crippen molar-refractivity contribution in [2.45, 2.75) is 6.42 Å². The highest BCUT2D eigenvalue weighted by Gasteiger charge is 2.19. The molecule has 0 saturated carbocycles. The topological polar surface area (TPSA) is 68.7 Å². The normalized spacial score (nSPS) is 14.8. The number of pyridine rings is 1. The maximum Gasteiger partial charge on any atom is 0.246 e. The van der Waals surface area contributed by atoms with Crippen LogP contribution in [0.1, 0.15) is 11.4 Å². The number of nitrogens with zero attached hydrogens (tertiary/aromatic N) is 3. The van der Waals surface area contributed by atoms with Crippen LogP contribution in [0.5, 0.6) is 0 Å². The highest BCUT2D eigenvalue weighted by molar-refractivity contribution is 6.30. The van der Waals surface area contributed by atoms with Gasteiger partial charge in [-0.25, -0.2) is 0 Å². The molecule has 1 aliphatic rings. The van der Waals surface area contributed by atoms with Crippen molar-refractivity contribution in [2.24, 2.45) is 0 Å². The summed E-state index contributed by atoms with van der Waals surface area (Å²) in [5, 5.41) is 9.26. The zero-order valence-corrected chi connectivity index (χ0v) is 16.2. The number of piperazine rings is 1. The summed E-state index contributed by atoms with van der Waals surface area (Å²) in [4.78, 5) is 21.1. The Morgan fingerprint density at radius 2 is 1.89 bits per heavy atom. The van der Waals surface area contributed by atoms with Gasteiger partial charge in [-0.05, 0) is 42.5 Å². The quantitative estimate of drug-likeness (QED) is 0.578. The van der Waals surface area contributed by atoms with Crippen molar-refractivity contribution >= 4 is 29.3 Å². The van der Waals surface area contributed by atoms with Crippen LogP contribution < -0.4 is 10.4 Å². The Morgan fingerprint density at radius 3 is 2.61 bits per heavy atom. The van der Waals surface area contributed by atoms with Gasteiger partial charge in [0.25, 0.3) is 0 Å². The number of carbonyl (C=O) groups excluding carboxylic acids is 1. The van der Waals surface area contributed by atoms with Gasteiger partial charge in [0.1, 0.15) is 0 Å². The maximum atomic E-state index is 12.5. The predicted molar refractivity (Wildman–Crippen MR) is 111 cm³/mol. The van der Waals surface area contributed by atoms with Crippen molar-refractivity contribution in [3.8, 4) is 0 Å². The van der Waals surface area contributed by atoms with Crippen LogP contribution in [0.25, 0.3) is 6.08 Å². The molecule has 2 N–H and O–H groups in total. The van der Waals surface area contributed by atoms with Crippen LogP contribution >= 0.6 is 11.6 Å². The maximum absolute atomic E-state index is 12.5. The van der Waals surface area contributed by atoms with Crippen LogP contribution in [0, 0.1) is 0 Å². The fraction of sp³-hybridized carbons (Fsp3) is 0.238. The number of hydrogen-bond donors (Lipinski definition) is 2. The van der Waals surface area contributed by atoms with Gasteiger partial charge in [0, 0.05) is 61.3 Å². The highest BCUT2D eigenvalue weighted by Crippen LogP contribution is 2.19. The number of amides is 1. The molecule has 2 heterocycles. The van der Waals surface area contributed by atoms with Gasteiger partial charge in [-0.15, -0.1) is 0 Å². The van der Waals surface area contributed by atoms with Gasteiger partial charge in [-0.3, -0.25) is 20.5 Å². The average Bonchev–Trinajstić information content (AvgIpc) is 2.73. The molecule has 0 atom stereocenters. The number of hydroxylamine groups is 1. The Labute approximate surface area is 169 Å². The van der Waals surface area contributed by atoms with Gasteiger partial charge in [0.15, 0.2) is 0 Å². The van der Waals surface area contributed by atoms with E-state index in [0.717, 1.165) is 35.2 Å². The number of hydrogen-bond acceptors (Lipinski definition) is 5. The molecule has 7 heteroatoms. The number of benzene rings is 1. The van der Waals surface area contributed by atoms with Crippen molar-refractivity contribution in [1.82, 2.24) is 15.4 Å². The van der Waals surface area contributed by atoms with E-state index in [1.807, 2.05) is 52.8 Å². The minimum Gasteiger partial charge on any atom is -0.368 e. The summed E-state index contributed by atoms with van der Waals surface area (Å²) in [6, 6.07) is 13.4. The smallest absolute Gasteiger partial charge is 0.246 e. The molecule has 1 fully saturated rings. The van der Waals surface area contributed by atoms with Crippen LogP contribution in [-0.2, 0) is 11.2 Å². The molecule has 0 bridgehead atoms. The molecule has 6 nitrogen and oxygen atoms in total. The molecule has 2 aromatic rings. The lowest BCUT2D eigenvalue weighted by molar-refractivity contribution is -0.126. The molecule has 3 rings (SSSR count). The van der Waals surface area contributed by atoms with Gasteiger partial charge in [0.2, 0.25) is 5.91 Å². The second kappa shape index (κ2) is 9.92. The van der Waals surface area contributed by atoms with Gasteiger partial charge >= 0.3 is 0 Å². The van der Waals surface area contributed by atoms with Crippen LogP contribution in [0.3, 0.4) is 0 Å². The SMILES string of the molecule is O=C(/C=C/c1cccc(C/C=C/NO)n1)N1CCN(c2ccc(Cl)cc2)CC1. The van der Waals surface area contributed by atoms with E-state index in [9.17, 15) is 4.79 Å². The molecule has 1 aromatic heterocycles. The van der Waals surface area contributed by atoms with Crippen LogP contribution in [0.4, 0.5) is 5.69 Å². The number of rotatable bonds is 6. The molecule has 0 aliphatic carbocycles. The minimum absolute atomic E-state index is 0.00710. The number of anilines is 1. The monoisotopic (exact) mass is 398 g/mol. The second-order valence-corrected chi connectivity index (χ2v) is 6.85. The molecule has 1 aromatic carbocycles. The van der Waals surface area contributed by atoms with E-state index in [1.54, 1.807) is 18.2 Å². The molecule has 146 valence electrons. The Balaban J connectivity index is 1.53. The lowest BCUT2D eigenvalue weighted by atomic mass is 10.2. The number of allylic oxidation sites excluding steroid dienone is 1. The van der Waals surface area contributed by atoms with Crippen molar-refractivity contribution in [3.05, 3.63) is 77.2 Å². The summed E-state index contributed by atoms with van der Waals surface area (Å²) < 4.78 is 0. The molecular weight excluding hydrogens is 376 g/mol. The summed E-state index contributed by atoms with van der Waals surface area (Å²) in [6.45, 7) is 2.94. The van der Waals surface area contributed by atoms with E-state index in [0.29, 0.717) is 19.5 Å². The van der Waals surface area contributed by atoms with Crippen molar-refractivity contribution in [3.63, 3.8) is 0 Å². The van der Waals surface area contributed by atoms with Crippen LogP contribution in [0.2, 0.25) is 5.02 Å². The molecule has 28 heavy (non-hydrogen) atoms. The van der Waals surface area contributed by atoms with E-state index in [1.165, 1.54) is 6.20 Å². The summed E-state index contributed by atoms with van der Waals surface area (Å²) in [6.07, 6.45) is 7.12. The first-order chi connectivity index (χ1) is 13.7. The standard InChI is InChI=1S/C21H23ClN4O2/c22-17-6-9-20(10-7-17)25-13-15-26(16-14-25)21(27)11-8-19-4-1-3-18(24-19)5-2-12-23-28/h1-4,6-12,23,28H,5,13-16H2/b11-8+,12-2+. The molecule has 0 radical (unpaired) electrons. The van der Waals surface area contributed by atoms with Gasteiger partial charge < -0.3 is 9.80 Å². The summed E-state index contributed by atoms with van der Waals surface area (Å²) in [5.74, 6) is -0.00710. The minimum atomic E-state index is -0.00710. The van der Waals surface area contributed by atoms with Gasteiger partial charge in [0.05, 0.1) is 5.69 Å². The highest BCUT2D eigenvalue weighted by atomic mass is 35.5. The summed E-state index contributed by atoms with van der Waals surface area (Å²) in [5.41, 5.74) is 4.68. The zero-order valence-electron chi connectivity index (χ0n) is 15.5. The Kier molecular flexibility index (Phi) is 7.06. The van der Waals surface area contributed by atoms with E-state index >= 15 is 0 Å². The van der Waals surface area contributed by atoms with E-state index < -0.39 is 0 Å². The number of halogens is 1. The lowest BCUT2D eigenvalue weighted by Crippen LogP contribution is -2.48. The first-order valence-electron chi connectivity index (χ1n) is 9.14. The van der Waals surface area contributed by atoms with E-state index in [-0.39, 0.29) is 5.91 Å². The number of aromatic nitrogens is 1. The van der Waals surface area contributed by atoms with E-state index in [4.69, 9.17) is 16.8 Å². The average molecular weight is 399 g/mol. The summed E-state index contributed by atoms with van der Waals surface area (Å²) >= 11 is 5.94. The van der Waals surface area contributed by atoms with Crippen molar-refractivity contribution < 1.29 is 10.0 Å². The van der Waals surface area contributed by atoms with E-state index in [2.05, 4.69) is 9.88 Å². The zero-order chi connectivity index (χ0) is 19.8. The lowest BCUT2D eigenvalue weighted by Gasteiger charge is -2.35. The third-order valence-electron chi connectivity index (χ3n) is 4.53. The van der Waals surface area contributed by atoms with Crippen molar-refractivity contribution in [2.75, 3.05) is 31.1 Å². The Morgan fingerprint density at radius 1 is 1.14 bits per heavy atom. The fourth-order valence-corrected chi connectivity index (χ4v) is 3.16. The summed E-state index contributed by atoms with van der Waals surface area (Å²) in [7, 11) is 0. The number of nitrogens with one attached hydrogen (secondary N) is 1. The predicted octanol–water partition coefficient (Wildman–Crippen LogP) is 3.13. The van der Waals surface area contributed by atoms with Crippen LogP contribution in [0.15, 0.2) is 60.8 Å². The van der Waals surface area contributed by atoms with Gasteiger partial charge in [-0.1, -0.05) is 23.7 Å².